The Kier molecular flexibility index (Phi) is 2.75. The van der Waals surface area contributed by atoms with E-state index in [0.717, 1.165) is 11.1 Å². The molecule has 0 amide bonds. The second kappa shape index (κ2) is 4.31. The molecule has 5 heteroatoms. The van der Waals surface area contributed by atoms with Crippen LogP contribution in [0.2, 0.25) is 5.15 Å². The Balaban J connectivity index is 2.25. The normalized spacial score (nSPS) is 11.2. The molecule has 1 aromatic carbocycles. The molecule has 0 bridgehead atoms. The third kappa shape index (κ3) is 1.88. The van der Waals surface area contributed by atoms with Gasteiger partial charge in [0.2, 0.25) is 0 Å². The van der Waals surface area contributed by atoms with Gasteiger partial charge in [-0.2, -0.15) is 0 Å². The first kappa shape index (κ1) is 12.1. The zero-order chi connectivity index (χ0) is 13.6. The molecular formula is C14H10ClFN2O. The van der Waals surface area contributed by atoms with Gasteiger partial charge in [0.25, 0.3) is 0 Å². The summed E-state index contributed by atoms with van der Waals surface area (Å²) < 4.78 is 19.1. The molecule has 0 aliphatic rings. The molecule has 3 rings (SSSR count). The monoisotopic (exact) mass is 276 g/mol. The summed E-state index contributed by atoms with van der Waals surface area (Å²) in [5, 5.41) is 8.97. The van der Waals surface area contributed by atoms with E-state index in [0.29, 0.717) is 22.0 Å². The Morgan fingerprint density at radius 1 is 1.16 bits per heavy atom. The summed E-state index contributed by atoms with van der Waals surface area (Å²) in [4.78, 5) is 0. The van der Waals surface area contributed by atoms with Crippen LogP contribution in [0.5, 0.6) is 0 Å². The topological polar surface area (TPSA) is 38.9 Å². The lowest BCUT2D eigenvalue weighted by atomic mass is 10.1. The molecule has 0 unspecified atom stereocenters. The number of hydrogen-bond donors (Lipinski definition) is 0. The van der Waals surface area contributed by atoms with E-state index in [1.54, 1.807) is 18.2 Å². The molecule has 0 radical (unpaired) electrons. The molecule has 0 atom stereocenters. The van der Waals surface area contributed by atoms with Crippen molar-refractivity contribution in [2.24, 2.45) is 0 Å². The van der Waals surface area contributed by atoms with Crippen LogP contribution in [0.3, 0.4) is 0 Å². The third-order valence-electron chi connectivity index (χ3n) is 3.19. The van der Waals surface area contributed by atoms with Gasteiger partial charge in [-0.05, 0) is 37.1 Å². The highest BCUT2D eigenvalue weighted by Gasteiger charge is 2.15. The summed E-state index contributed by atoms with van der Waals surface area (Å²) >= 11 is 5.91. The van der Waals surface area contributed by atoms with Gasteiger partial charge >= 0.3 is 0 Å². The highest BCUT2D eigenvalue weighted by atomic mass is 35.5. The molecular weight excluding hydrogens is 267 g/mol. The van der Waals surface area contributed by atoms with E-state index in [-0.39, 0.29) is 11.4 Å². The first-order valence-electron chi connectivity index (χ1n) is 5.75. The van der Waals surface area contributed by atoms with Crippen molar-refractivity contribution in [1.29, 1.82) is 0 Å². The largest absolute Gasteiger partial charge is 0.451 e. The molecule has 0 saturated heterocycles. The van der Waals surface area contributed by atoms with Crippen molar-refractivity contribution >= 4 is 22.6 Å². The molecule has 0 aliphatic carbocycles. The van der Waals surface area contributed by atoms with Crippen molar-refractivity contribution in [3.63, 3.8) is 0 Å². The highest BCUT2D eigenvalue weighted by Crippen LogP contribution is 2.31. The number of para-hydroxylation sites is 1. The Morgan fingerprint density at radius 3 is 2.68 bits per heavy atom. The van der Waals surface area contributed by atoms with Crippen LogP contribution in [0.15, 0.2) is 28.7 Å². The minimum absolute atomic E-state index is 0.228. The van der Waals surface area contributed by atoms with Crippen LogP contribution in [0, 0.1) is 19.7 Å². The molecule has 96 valence electrons. The minimum Gasteiger partial charge on any atom is -0.451 e. The van der Waals surface area contributed by atoms with E-state index in [1.165, 1.54) is 6.07 Å². The van der Waals surface area contributed by atoms with Crippen molar-refractivity contribution in [2.45, 2.75) is 13.8 Å². The molecule has 19 heavy (non-hydrogen) atoms. The predicted octanol–water partition coefficient (Wildman–Crippen LogP) is 4.30. The van der Waals surface area contributed by atoms with E-state index in [4.69, 9.17) is 16.0 Å². The maximum absolute atomic E-state index is 13.6. The van der Waals surface area contributed by atoms with Crippen LogP contribution < -0.4 is 0 Å². The van der Waals surface area contributed by atoms with Crippen molar-refractivity contribution in [3.8, 4) is 11.5 Å². The molecule has 0 N–H and O–H groups in total. The van der Waals surface area contributed by atoms with E-state index < -0.39 is 0 Å². The van der Waals surface area contributed by atoms with Gasteiger partial charge in [-0.3, -0.25) is 0 Å². The minimum atomic E-state index is -0.389. The van der Waals surface area contributed by atoms with Crippen LogP contribution in [0.25, 0.3) is 22.4 Å². The van der Waals surface area contributed by atoms with Crippen LogP contribution >= 0.6 is 11.6 Å². The second-order valence-corrected chi connectivity index (χ2v) is 4.72. The molecule has 0 fully saturated rings. The molecule has 0 saturated carbocycles. The fraction of sp³-hybridized carbons (Fsp3) is 0.143. The molecule has 2 aromatic heterocycles. The van der Waals surface area contributed by atoms with Gasteiger partial charge in [-0.1, -0.05) is 23.7 Å². The molecule has 2 heterocycles. The van der Waals surface area contributed by atoms with E-state index >= 15 is 0 Å². The number of nitrogens with zero attached hydrogens (tertiary/aromatic N) is 2. The average molecular weight is 277 g/mol. The van der Waals surface area contributed by atoms with Crippen molar-refractivity contribution in [1.82, 2.24) is 10.2 Å². The molecule has 0 spiro atoms. The smallest absolute Gasteiger partial charge is 0.170 e. The molecule has 3 nitrogen and oxygen atoms in total. The van der Waals surface area contributed by atoms with Crippen LogP contribution in [-0.2, 0) is 0 Å². The second-order valence-electron chi connectivity index (χ2n) is 4.36. The molecule has 0 aliphatic heterocycles. The van der Waals surface area contributed by atoms with E-state index in [9.17, 15) is 4.39 Å². The number of hydrogen-bond acceptors (Lipinski definition) is 3. The van der Waals surface area contributed by atoms with Gasteiger partial charge in [0.05, 0.1) is 0 Å². The summed E-state index contributed by atoms with van der Waals surface area (Å²) in [5.74, 6) is 0.102. The van der Waals surface area contributed by atoms with Crippen LogP contribution in [-0.4, -0.2) is 10.2 Å². The van der Waals surface area contributed by atoms with Gasteiger partial charge in [0.1, 0.15) is 5.69 Å². The quantitative estimate of drug-likeness (QED) is 0.665. The standard InChI is InChI=1S/C14H10ClFN2O/c1-7-8(2)14(15)18-17-12(7)11-6-9-4-3-5-10(16)13(9)19-11/h3-6H,1-2H3. The van der Waals surface area contributed by atoms with Crippen LogP contribution in [0.1, 0.15) is 11.1 Å². The number of benzene rings is 1. The lowest BCUT2D eigenvalue weighted by molar-refractivity contribution is 0.566. The van der Waals surface area contributed by atoms with Gasteiger partial charge in [-0.15, -0.1) is 10.2 Å². The lowest BCUT2D eigenvalue weighted by Gasteiger charge is -2.04. The zero-order valence-corrected chi connectivity index (χ0v) is 11.1. The summed E-state index contributed by atoms with van der Waals surface area (Å²) in [5.41, 5.74) is 2.52. The fourth-order valence-corrected chi connectivity index (χ4v) is 2.13. The van der Waals surface area contributed by atoms with E-state index in [2.05, 4.69) is 10.2 Å². The number of furan rings is 1. The number of halogens is 2. The maximum Gasteiger partial charge on any atom is 0.170 e. The first-order valence-corrected chi connectivity index (χ1v) is 6.13. The Bertz CT molecular complexity index is 782. The Morgan fingerprint density at radius 2 is 1.95 bits per heavy atom. The summed E-state index contributed by atoms with van der Waals surface area (Å²) in [6.07, 6.45) is 0. The molecule has 3 aromatic rings. The van der Waals surface area contributed by atoms with Gasteiger partial charge in [0, 0.05) is 5.39 Å². The lowest BCUT2D eigenvalue weighted by Crippen LogP contribution is -1.95. The number of fused-ring (bicyclic) bond motifs is 1. The van der Waals surface area contributed by atoms with Gasteiger partial charge in [-0.25, -0.2) is 4.39 Å². The predicted molar refractivity (Wildman–Crippen MR) is 71.7 cm³/mol. The Labute approximate surface area is 114 Å². The van der Waals surface area contributed by atoms with Crippen molar-refractivity contribution in [3.05, 3.63) is 46.4 Å². The SMILES string of the molecule is Cc1c(Cl)nnc(-c2cc3cccc(F)c3o2)c1C. The summed E-state index contributed by atoms with van der Waals surface area (Å²) in [6, 6.07) is 6.55. The number of rotatable bonds is 1. The highest BCUT2D eigenvalue weighted by molar-refractivity contribution is 6.30. The summed E-state index contributed by atoms with van der Waals surface area (Å²) in [6.45, 7) is 3.74. The van der Waals surface area contributed by atoms with Crippen molar-refractivity contribution < 1.29 is 8.81 Å². The Hall–Kier alpha value is -1.94. The maximum atomic E-state index is 13.6. The fourth-order valence-electron chi connectivity index (χ4n) is 1.95. The van der Waals surface area contributed by atoms with Gasteiger partial charge < -0.3 is 4.42 Å². The van der Waals surface area contributed by atoms with Crippen LogP contribution in [0.4, 0.5) is 4.39 Å². The first-order chi connectivity index (χ1) is 9.08. The average Bonchev–Trinajstić information content (AvgIpc) is 2.81. The zero-order valence-electron chi connectivity index (χ0n) is 10.4. The van der Waals surface area contributed by atoms with Crippen molar-refractivity contribution in [2.75, 3.05) is 0 Å². The third-order valence-corrected chi connectivity index (χ3v) is 3.55. The number of aromatic nitrogens is 2. The summed E-state index contributed by atoms with van der Waals surface area (Å²) in [7, 11) is 0. The van der Waals surface area contributed by atoms with E-state index in [1.807, 2.05) is 13.8 Å². The van der Waals surface area contributed by atoms with Gasteiger partial charge in [0.15, 0.2) is 22.3 Å².